The van der Waals surface area contributed by atoms with Gasteiger partial charge in [0.2, 0.25) is 0 Å². The number of hydrogen-bond acceptors (Lipinski definition) is 5. The van der Waals surface area contributed by atoms with E-state index in [0.29, 0.717) is 12.4 Å². The van der Waals surface area contributed by atoms with E-state index in [1.807, 2.05) is 61.5 Å². The van der Waals surface area contributed by atoms with E-state index < -0.39 is 0 Å². The predicted molar refractivity (Wildman–Crippen MR) is 128 cm³/mol. The third kappa shape index (κ3) is 4.11. The van der Waals surface area contributed by atoms with Crippen LogP contribution in [0.2, 0.25) is 0 Å². The molecule has 2 aromatic heterocycles. The first-order chi connectivity index (χ1) is 15.7. The van der Waals surface area contributed by atoms with E-state index in [1.165, 1.54) is 5.56 Å². The molecule has 0 amide bonds. The highest BCUT2D eigenvalue weighted by Crippen LogP contribution is 2.30. The van der Waals surface area contributed by atoms with Crippen molar-refractivity contribution in [2.75, 3.05) is 6.61 Å². The van der Waals surface area contributed by atoms with Crippen LogP contribution < -0.4 is 4.74 Å². The Morgan fingerprint density at radius 2 is 1.81 bits per heavy atom. The normalized spacial score (nSPS) is 11.2. The number of thioether (sulfide) groups is 1. The molecule has 3 aromatic carbocycles. The lowest BCUT2D eigenvalue weighted by Crippen LogP contribution is -2.01. The average molecular weight is 442 g/mol. The molecule has 32 heavy (non-hydrogen) atoms. The van der Waals surface area contributed by atoms with E-state index in [4.69, 9.17) is 4.74 Å². The van der Waals surface area contributed by atoms with Gasteiger partial charge in [0, 0.05) is 11.3 Å². The standard InChI is InChI=1S/C25H23N5OS/c1-3-31-20-13-11-19(12-14-20)30-24(18-8-6-7-17(2)15-18)28-29-25(30)32-16-23-26-21-9-4-5-10-22(21)27-23/h4-15H,3,16H2,1-2H3,(H,26,27). The van der Waals surface area contributed by atoms with Gasteiger partial charge < -0.3 is 9.72 Å². The Bertz CT molecular complexity index is 1320. The summed E-state index contributed by atoms with van der Waals surface area (Å²) in [4.78, 5) is 8.08. The molecule has 0 fully saturated rings. The van der Waals surface area contributed by atoms with Crippen LogP contribution in [0.1, 0.15) is 18.3 Å². The van der Waals surface area contributed by atoms with Crippen molar-refractivity contribution in [3.8, 4) is 22.8 Å². The average Bonchev–Trinajstić information content (AvgIpc) is 3.42. The van der Waals surface area contributed by atoms with Gasteiger partial charge >= 0.3 is 0 Å². The monoisotopic (exact) mass is 441 g/mol. The zero-order valence-corrected chi connectivity index (χ0v) is 18.8. The third-order valence-electron chi connectivity index (χ3n) is 5.09. The Morgan fingerprint density at radius 3 is 2.59 bits per heavy atom. The van der Waals surface area contributed by atoms with Crippen LogP contribution in [0.15, 0.2) is 78.0 Å². The first-order valence-corrected chi connectivity index (χ1v) is 11.5. The highest BCUT2D eigenvalue weighted by atomic mass is 32.2. The van der Waals surface area contributed by atoms with Gasteiger partial charge in [0.1, 0.15) is 11.6 Å². The molecule has 0 saturated carbocycles. The highest BCUT2D eigenvalue weighted by Gasteiger charge is 2.17. The van der Waals surface area contributed by atoms with Crippen LogP contribution in [0, 0.1) is 6.92 Å². The van der Waals surface area contributed by atoms with Gasteiger partial charge in [0.25, 0.3) is 0 Å². The molecule has 0 aliphatic carbocycles. The van der Waals surface area contributed by atoms with Crippen LogP contribution in [0.5, 0.6) is 5.75 Å². The van der Waals surface area contributed by atoms with Gasteiger partial charge in [-0.15, -0.1) is 10.2 Å². The molecule has 0 aliphatic rings. The summed E-state index contributed by atoms with van der Waals surface area (Å²) in [5.41, 5.74) is 5.21. The minimum atomic E-state index is 0.638. The Kier molecular flexibility index (Phi) is 5.64. The summed E-state index contributed by atoms with van der Waals surface area (Å²) in [6.45, 7) is 4.70. The molecule has 7 heteroatoms. The largest absolute Gasteiger partial charge is 0.494 e. The van der Waals surface area contributed by atoms with Crippen molar-refractivity contribution in [3.05, 3.63) is 84.2 Å². The molecule has 0 aliphatic heterocycles. The maximum atomic E-state index is 5.62. The van der Waals surface area contributed by atoms with Crippen LogP contribution in [0.25, 0.3) is 28.1 Å². The maximum Gasteiger partial charge on any atom is 0.196 e. The number of rotatable bonds is 7. The van der Waals surface area contributed by atoms with E-state index >= 15 is 0 Å². The fraction of sp³-hybridized carbons (Fsp3) is 0.160. The minimum absolute atomic E-state index is 0.638. The summed E-state index contributed by atoms with van der Waals surface area (Å²) in [6.07, 6.45) is 0. The number of aromatic nitrogens is 5. The Hall–Kier alpha value is -3.58. The molecule has 1 N–H and O–H groups in total. The number of ether oxygens (including phenoxy) is 1. The van der Waals surface area contributed by atoms with Crippen LogP contribution in [0.4, 0.5) is 0 Å². The van der Waals surface area contributed by atoms with E-state index in [0.717, 1.165) is 44.8 Å². The topological polar surface area (TPSA) is 68.6 Å². The summed E-state index contributed by atoms with van der Waals surface area (Å²) in [5.74, 6) is 3.23. The van der Waals surface area contributed by atoms with Gasteiger partial charge in [0.15, 0.2) is 11.0 Å². The van der Waals surface area contributed by atoms with E-state index in [9.17, 15) is 0 Å². The summed E-state index contributed by atoms with van der Waals surface area (Å²) >= 11 is 1.61. The lowest BCUT2D eigenvalue weighted by molar-refractivity contribution is 0.340. The second-order valence-corrected chi connectivity index (χ2v) is 8.37. The number of H-pyrrole nitrogens is 1. The first kappa shape index (κ1) is 20.3. The zero-order valence-electron chi connectivity index (χ0n) is 17.9. The molecule has 0 bridgehead atoms. The van der Waals surface area contributed by atoms with Crippen molar-refractivity contribution in [1.82, 2.24) is 24.7 Å². The SMILES string of the molecule is CCOc1ccc(-n2c(SCc3nc4ccccc4[nH]3)nnc2-c2cccc(C)c2)cc1. The molecular formula is C25H23N5OS. The van der Waals surface area contributed by atoms with Crippen LogP contribution in [0.3, 0.4) is 0 Å². The fourth-order valence-electron chi connectivity index (χ4n) is 3.63. The van der Waals surface area contributed by atoms with Gasteiger partial charge in [-0.2, -0.15) is 0 Å². The molecule has 6 nitrogen and oxygen atoms in total. The number of hydrogen-bond donors (Lipinski definition) is 1. The molecule has 160 valence electrons. The van der Waals surface area contributed by atoms with Gasteiger partial charge in [-0.05, 0) is 56.3 Å². The van der Waals surface area contributed by atoms with E-state index in [2.05, 4.69) is 49.9 Å². The summed E-state index contributed by atoms with van der Waals surface area (Å²) in [5, 5.41) is 9.89. The van der Waals surface area contributed by atoms with E-state index in [-0.39, 0.29) is 0 Å². The van der Waals surface area contributed by atoms with Crippen LogP contribution in [-0.2, 0) is 5.75 Å². The molecule has 0 unspecified atom stereocenters. The molecule has 5 rings (SSSR count). The van der Waals surface area contributed by atoms with Crippen molar-refractivity contribution >= 4 is 22.8 Å². The number of nitrogens with one attached hydrogen (secondary N) is 1. The van der Waals surface area contributed by atoms with Crippen molar-refractivity contribution in [2.45, 2.75) is 24.8 Å². The Labute approximate surface area is 190 Å². The summed E-state index contributed by atoms with van der Waals surface area (Å²) < 4.78 is 7.71. The Morgan fingerprint density at radius 1 is 0.969 bits per heavy atom. The lowest BCUT2D eigenvalue weighted by atomic mass is 10.1. The molecule has 0 atom stereocenters. The number of fused-ring (bicyclic) bond motifs is 1. The molecule has 0 saturated heterocycles. The molecule has 0 radical (unpaired) electrons. The number of aryl methyl sites for hydroxylation is 1. The van der Waals surface area contributed by atoms with Crippen molar-refractivity contribution < 1.29 is 4.74 Å². The van der Waals surface area contributed by atoms with Crippen molar-refractivity contribution in [3.63, 3.8) is 0 Å². The second-order valence-electron chi connectivity index (χ2n) is 7.43. The van der Waals surface area contributed by atoms with Crippen LogP contribution >= 0.6 is 11.8 Å². The maximum absolute atomic E-state index is 5.62. The second kappa shape index (κ2) is 8.88. The number of aromatic amines is 1. The third-order valence-corrected chi connectivity index (χ3v) is 6.03. The van der Waals surface area contributed by atoms with Gasteiger partial charge in [0.05, 0.1) is 23.4 Å². The van der Waals surface area contributed by atoms with Gasteiger partial charge in [-0.3, -0.25) is 4.57 Å². The quantitative estimate of drug-likeness (QED) is 0.323. The van der Waals surface area contributed by atoms with Crippen molar-refractivity contribution in [2.24, 2.45) is 0 Å². The van der Waals surface area contributed by atoms with E-state index in [1.54, 1.807) is 11.8 Å². The molecule has 2 heterocycles. The first-order valence-electron chi connectivity index (χ1n) is 10.5. The minimum Gasteiger partial charge on any atom is -0.494 e. The number of nitrogens with zero attached hydrogens (tertiary/aromatic N) is 4. The Balaban J connectivity index is 1.51. The predicted octanol–water partition coefficient (Wildman–Crippen LogP) is 5.81. The smallest absolute Gasteiger partial charge is 0.196 e. The molecule has 5 aromatic rings. The summed E-state index contributed by atoms with van der Waals surface area (Å²) in [6, 6.07) is 24.4. The number of benzene rings is 3. The van der Waals surface area contributed by atoms with Gasteiger partial charge in [-0.1, -0.05) is 47.7 Å². The summed E-state index contributed by atoms with van der Waals surface area (Å²) in [7, 11) is 0. The number of imidazole rings is 1. The van der Waals surface area contributed by atoms with Crippen molar-refractivity contribution in [1.29, 1.82) is 0 Å². The zero-order chi connectivity index (χ0) is 21.9. The highest BCUT2D eigenvalue weighted by molar-refractivity contribution is 7.98. The molecule has 0 spiro atoms. The van der Waals surface area contributed by atoms with Crippen LogP contribution in [-0.4, -0.2) is 31.3 Å². The fourth-order valence-corrected chi connectivity index (χ4v) is 4.45. The number of para-hydroxylation sites is 2. The van der Waals surface area contributed by atoms with Gasteiger partial charge in [-0.25, -0.2) is 4.98 Å². The lowest BCUT2D eigenvalue weighted by Gasteiger charge is -2.11. The molecular weight excluding hydrogens is 418 g/mol.